The van der Waals surface area contributed by atoms with E-state index in [4.69, 9.17) is 14.8 Å². The van der Waals surface area contributed by atoms with Gasteiger partial charge in [-0.2, -0.15) is 13.9 Å². The number of fused-ring (bicyclic) bond motifs is 3. The standard InChI is InChI=1S/C33H28F4N6O2S/c1-5-26(44)42-7-8-43-24(17(42)2)13-23(40-43)30-28(27-22(35)11-20(34)12-25(27)45-4)31-21(6-9-46-31)29(39-30)18-10-19-15-41(3)16-33(36,37)32(19)38-14-18/h5-6,9-14,17H,1,7-8,15-16H2,2-4H3/t17-/m1/s1. The Morgan fingerprint density at radius 3 is 2.72 bits per heavy atom. The number of carbonyl (C=O) groups is 1. The van der Waals surface area contributed by atoms with Gasteiger partial charge in [-0.25, -0.2) is 13.8 Å². The summed E-state index contributed by atoms with van der Waals surface area (Å²) in [6.07, 6.45) is 2.66. The van der Waals surface area contributed by atoms with Gasteiger partial charge < -0.3 is 9.64 Å². The van der Waals surface area contributed by atoms with Crippen LogP contribution >= 0.6 is 11.3 Å². The van der Waals surface area contributed by atoms with Crippen LogP contribution in [0.2, 0.25) is 0 Å². The molecule has 2 aliphatic heterocycles. The number of benzene rings is 1. The van der Waals surface area contributed by atoms with E-state index in [9.17, 15) is 18.0 Å². The van der Waals surface area contributed by atoms with Crippen molar-refractivity contribution in [2.75, 3.05) is 27.2 Å². The maximum atomic E-state index is 15.8. The first-order valence-electron chi connectivity index (χ1n) is 14.5. The Morgan fingerprint density at radius 1 is 1.15 bits per heavy atom. The molecule has 236 valence electrons. The Bertz CT molecular complexity index is 2060. The summed E-state index contributed by atoms with van der Waals surface area (Å²) < 4.78 is 67.8. The van der Waals surface area contributed by atoms with Crippen LogP contribution in [0.1, 0.15) is 29.9 Å². The number of carbonyl (C=O) groups excluding carboxylic acids is 1. The minimum atomic E-state index is -3.11. The van der Waals surface area contributed by atoms with Crippen LogP contribution in [-0.2, 0) is 23.8 Å². The van der Waals surface area contributed by atoms with E-state index < -0.39 is 24.1 Å². The molecule has 0 fully saturated rings. The number of halogens is 4. The van der Waals surface area contributed by atoms with Gasteiger partial charge in [0.2, 0.25) is 5.91 Å². The summed E-state index contributed by atoms with van der Waals surface area (Å²) in [5, 5.41) is 7.30. The van der Waals surface area contributed by atoms with Crippen molar-refractivity contribution in [1.82, 2.24) is 29.5 Å². The van der Waals surface area contributed by atoms with Crippen molar-refractivity contribution >= 4 is 27.3 Å². The lowest BCUT2D eigenvalue weighted by Gasteiger charge is -2.33. The molecule has 0 bridgehead atoms. The Hall–Kier alpha value is -4.62. The predicted octanol–water partition coefficient (Wildman–Crippen LogP) is 6.80. The first-order valence-corrected chi connectivity index (χ1v) is 15.4. The average molecular weight is 649 g/mol. The molecule has 8 nitrogen and oxygen atoms in total. The average Bonchev–Trinajstić information content (AvgIpc) is 3.68. The molecule has 6 heterocycles. The van der Waals surface area contributed by atoms with Crippen molar-refractivity contribution in [2.24, 2.45) is 0 Å². The Morgan fingerprint density at radius 2 is 1.96 bits per heavy atom. The quantitative estimate of drug-likeness (QED) is 0.154. The molecular weight excluding hydrogens is 620 g/mol. The van der Waals surface area contributed by atoms with Crippen LogP contribution in [0.15, 0.2) is 54.6 Å². The molecule has 4 aromatic heterocycles. The van der Waals surface area contributed by atoms with Gasteiger partial charge in [-0.15, -0.1) is 11.3 Å². The third-order valence-corrected chi connectivity index (χ3v) is 9.48. The summed E-state index contributed by atoms with van der Waals surface area (Å²) >= 11 is 1.33. The van der Waals surface area contributed by atoms with E-state index in [-0.39, 0.29) is 41.2 Å². The zero-order valence-electron chi connectivity index (χ0n) is 25.2. The molecular formula is C33H28F4N6O2S. The molecule has 13 heteroatoms. The fourth-order valence-corrected chi connectivity index (χ4v) is 7.45. The number of nitrogens with zero attached hydrogens (tertiary/aromatic N) is 6. The van der Waals surface area contributed by atoms with E-state index >= 15 is 4.39 Å². The van der Waals surface area contributed by atoms with Crippen molar-refractivity contribution in [2.45, 2.75) is 32.0 Å². The molecule has 46 heavy (non-hydrogen) atoms. The third kappa shape index (κ3) is 4.76. The van der Waals surface area contributed by atoms with Gasteiger partial charge in [0.05, 0.1) is 43.2 Å². The lowest BCUT2D eigenvalue weighted by atomic mass is 9.95. The summed E-state index contributed by atoms with van der Waals surface area (Å²) in [4.78, 5) is 25.0. The van der Waals surface area contributed by atoms with Crippen molar-refractivity contribution in [1.29, 1.82) is 0 Å². The topological polar surface area (TPSA) is 76.4 Å². The number of methoxy groups -OCH3 is 1. The molecule has 0 radical (unpaired) electrons. The minimum Gasteiger partial charge on any atom is -0.496 e. The van der Waals surface area contributed by atoms with E-state index in [0.29, 0.717) is 51.3 Å². The minimum absolute atomic E-state index is 0.0118. The number of pyridine rings is 2. The molecule has 0 unspecified atom stereocenters. The fourth-order valence-electron chi connectivity index (χ4n) is 6.50. The number of aromatic nitrogens is 4. The van der Waals surface area contributed by atoms with E-state index in [2.05, 4.69) is 11.6 Å². The largest absolute Gasteiger partial charge is 0.496 e. The van der Waals surface area contributed by atoms with Crippen LogP contribution in [-0.4, -0.2) is 62.7 Å². The second-order valence-corrected chi connectivity index (χ2v) is 12.4. The van der Waals surface area contributed by atoms with Crippen molar-refractivity contribution in [3.8, 4) is 39.5 Å². The smallest absolute Gasteiger partial charge is 0.302 e. The highest BCUT2D eigenvalue weighted by Gasteiger charge is 2.41. The van der Waals surface area contributed by atoms with Crippen molar-refractivity contribution < 1.29 is 27.1 Å². The lowest BCUT2D eigenvalue weighted by Crippen LogP contribution is -2.40. The van der Waals surface area contributed by atoms with Crippen molar-refractivity contribution in [3.63, 3.8) is 0 Å². The summed E-state index contributed by atoms with van der Waals surface area (Å²) in [6.45, 7) is 6.17. The predicted molar refractivity (Wildman–Crippen MR) is 167 cm³/mol. The summed E-state index contributed by atoms with van der Waals surface area (Å²) in [5.74, 6) is -4.99. The summed E-state index contributed by atoms with van der Waals surface area (Å²) in [6, 6.07) is 6.86. The van der Waals surface area contributed by atoms with E-state index in [1.165, 1.54) is 35.6 Å². The fraction of sp³-hybridized carbons (Fsp3) is 0.273. The molecule has 0 saturated carbocycles. The first-order chi connectivity index (χ1) is 22.0. The Balaban J connectivity index is 1.50. The molecule has 0 spiro atoms. The molecule has 1 atom stereocenters. The number of thiophene rings is 1. The molecule has 7 rings (SSSR count). The number of hydrogen-bond donors (Lipinski definition) is 0. The molecule has 1 aromatic carbocycles. The number of rotatable bonds is 5. The zero-order chi connectivity index (χ0) is 32.5. The van der Waals surface area contributed by atoms with Gasteiger partial charge in [0, 0.05) is 52.6 Å². The number of ether oxygens (including phenoxy) is 1. The van der Waals surface area contributed by atoms with E-state index in [1.807, 2.05) is 18.4 Å². The van der Waals surface area contributed by atoms with Gasteiger partial charge in [0.25, 0.3) is 0 Å². The van der Waals surface area contributed by atoms with Crippen LogP contribution in [0, 0.1) is 11.6 Å². The maximum absolute atomic E-state index is 15.8. The molecule has 5 aromatic rings. The van der Waals surface area contributed by atoms with Crippen LogP contribution in [0.25, 0.3) is 43.9 Å². The maximum Gasteiger partial charge on any atom is 0.302 e. The number of likely N-dealkylation sites (N-methyl/N-ethyl adjacent to an activating group) is 1. The van der Waals surface area contributed by atoms with Gasteiger partial charge >= 0.3 is 5.92 Å². The van der Waals surface area contributed by atoms with Gasteiger partial charge in [-0.1, -0.05) is 6.58 Å². The molecule has 0 aliphatic carbocycles. The molecule has 2 aliphatic rings. The third-order valence-electron chi connectivity index (χ3n) is 8.55. The van der Waals surface area contributed by atoms with Crippen LogP contribution in [0.4, 0.5) is 17.6 Å². The molecule has 0 saturated heterocycles. The summed E-state index contributed by atoms with van der Waals surface area (Å²) in [7, 11) is 2.96. The Kier molecular flexibility index (Phi) is 7.20. The number of alkyl halides is 2. The van der Waals surface area contributed by atoms with E-state index in [1.54, 1.807) is 28.8 Å². The summed E-state index contributed by atoms with van der Waals surface area (Å²) in [5.41, 5.74) is 2.86. The Labute approximate surface area is 265 Å². The molecule has 0 N–H and O–H groups in total. The number of hydrogen-bond acceptors (Lipinski definition) is 7. The van der Waals surface area contributed by atoms with Gasteiger partial charge in [0.1, 0.15) is 34.5 Å². The first kappa shape index (κ1) is 30.1. The highest BCUT2D eigenvalue weighted by molar-refractivity contribution is 7.18. The van der Waals surface area contributed by atoms with Crippen molar-refractivity contribution in [3.05, 3.63) is 83.1 Å². The SMILES string of the molecule is C=CC(=O)N1CCn2nc(-c3nc(-c4cnc5c(c4)CN(C)CC5(F)F)c4ccsc4c3-c3c(F)cc(F)cc3OC)cc2[C@H]1C. The monoisotopic (exact) mass is 648 g/mol. The van der Waals surface area contributed by atoms with Crippen LogP contribution in [0.5, 0.6) is 5.75 Å². The van der Waals surface area contributed by atoms with Gasteiger partial charge in [0.15, 0.2) is 0 Å². The van der Waals surface area contributed by atoms with Crippen LogP contribution in [0.3, 0.4) is 0 Å². The number of amides is 1. The van der Waals surface area contributed by atoms with Gasteiger partial charge in [-0.05, 0) is 49.2 Å². The highest BCUT2D eigenvalue weighted by atomic mass is 32.1. The van der Waals surface area contributed by atoms with Crippen LogP contribution < -0.4 is 4.74 Å². The normalized spacial score (nSPS) is 17.5. The second kappa shape index (κ2) is 11.0. The van der Waals surface area contributed by atoms with E-state index in [0.717, 1.165) is 17.8 Å². The zero-order valence-corrected chi connectivity index (χ0v) is 26.0. The van der Waals surface area contributed by atoms with Gasteiger partial charge in [-0.3, -0.25) is 19.4 Å². The molecule has 1 amide bonds. The highest BCUT2D eigenvalue weighted by Crippen LogP contribution is 2.48. The lowest BCUT2D eigenvalue weighted by molar-refractivity contribution is -0.129. The second-order valence-electron chi connectivity index (χ2n) is 11.5.